The summed E-state index contributed by atoms with van der Waals surface area (Å²) in [7, 11) is 1.60. The van der Waals surface area contributed by atoms with Crippen LogP contribution in [0.5, 0.6) is 5.75 Å². The number of carbonyl (C=O) groups excluding carboxylic acids is 2. The van der Waals surface area contributed by atoms with Gasteiger partial charge in [-0.15, -0.1) is 5.10 Å². The number of ether oxygens (including phenoxy) is 1. The van der Waals surface area contributed by atoms with Crippen LogP contribution in [0.2, 0.25) is 0 Å². The Labute approximate surface area is 173 Å². The third-order valence-corrected chi connectivity index (χ3v) is 5.25. The number of benzene rings is 1. The first kappa shape index (κ1) is 19.7. The molecule has 30 heavy (non-hydrogen) atoms. The molecule has 1 aliphatic rings. The molecule has 4 rings (SSSR count). The molecule has 156 valence electrons. The van der Waals surface area contributed by atoms with Crippen LogP contribution >= 0.6 is 0 Å². The highest BCUT2D eigenvalue weighted by Crippen LogP contribution is 2.22. The first-order valence-electron chi connectivity index (χ1n) is 9.76. The van der Waals surface area contributed by atoms with Gasteiger partial charge in [0.05, 0.1) is 31.3 Å². The highest BCUT2D eigenvalue weighted by molar-refractivity contribution is 5.97. The molecule has 1 N–H and O–H groups in total. The monoisotopic (exact) mass is 409 g/mol. The van der Waals surface area contributed by atoms with Crippen LogP contribution < -0.4 is 10.1 Å². The van der Waals surface area contributed by atoms with Crippen LogP contribution in [0.1, 0.15) is 34.8 Å². The van der Waals surface area contributed by atoms with Crippen LogP contribution in [-0.4, -0.2) is 51.4 Å². The average molecular weight is 409 g/mol. The number of hydrogen-bond donors (Lipinski definition) is 1. The highest BCUT2D eigenvalue weighted by atomic mass is 16.5. The van der Waals surface area contributed by atoms with E-state index in [4.69, 9.17) is 9.15 Å². The summed E-state index contributed by atoms with van der Waals surface area (Å²) < 4.78 is 12.0. The van der Waals surface area contributed by atoms with E-state index in [-0.39, 0.29) is 24.1 Å². The van der Waals surface area contributed by atoms with E-state index in [1.807, 2.05) is 24.3 Å². The summed E-state index contributed by atoms with van der Waals surface area (Å²) in [6, 6.07) is 10.3. The second kappa shape index (κ2) is 8.40. The molecule has 3 heterocycles. The van der Waals surface area contributed by atoms with Gasteiger partial charge in [0.25, 0.3) is 5.91 Å². The smallest absolute Gasteiger partial charge is 0.277 e. The number of methoxy groups -OCH3 is 1. The van der Waals surface area contributed by atoms with E-state index >= 15 is 0 Å². The fourth-order valence-corrected chi connectivity index (χ4v) is 3.62. The summed E-state index contributed by atoms with van der Waals surface area (Å²) in [4.78, 5) is 27.4. The molecule has 2 amide bonds. The molecule has 3 aromatic rings. The Bertz CT molecular complexity index is 1030. The number of rotatable bonds is 6. The number of amides is 2. The summed E-state index contributed by atoms with van der Waals surface area (Å²) >= 11 is 0. The molecule has 2 aromatic heterocycles. The van der Waals surface area contributed by atoms with Gasteiger partial charge in [0.15, 0.2) is 5.69 Å². The molecular weight excluding hydrogens is 386 g/mol. The summed E-state index contributed by atoms with van der Waals surface area (Å²) in [5.74, 6) is 0.908. The van der Waals surface area contributed by atoms with Crippen LogP contribution in [0.3, 0.4) is 0 Å². The van der Waals surface area contributed by atoms with E-state index in [1.54, 1.807) is 42.0 Å². The number of nitrogens with one attached hydrogen (secondary N) is 1. The van der Waals surface area contributed by atoms with Gasteiger partial charge >= 0.3 is 0 Å². The van der Waals surface area contributed by atoms with Crippen molar-refractivity contribution in [3.8, 4) is 11.4 Å². The van der Waals surface area contributed by atoms with Crippen molar-refractivity contribution in [2.75, 3.05) is 13.7 Å². The predicted octanol–water partition coefficient (Wildman–Crippen LogP) is 2.10. The van der Waals surface area contributed by atoms with E-state index < -0.39 is 6.04 Å². The Balaban J connectivity index is 1.49. The summed E-state index contributed by atoms with van der Waals surface area (Å²) in [5.41, 5.74) is 1.64. The SMILES string of the molecule is COc1ccc(-n2nnc(C(=O)N3CCCC3C(=O)NCc3ccco3)c2C)cc1. The third-order valence-electron chi connectivity index (χ3n) is 5.25. The van der Waals surface area contributed by atoms with Gasteiger partial charge in [-0.3, -0.25) is 9.59 Å². The van der Waals surface area contributed by atoms with E-state index in [0.717, 1.165) is 17.9 Å². The van der Waals surface area contributed by atoms with Crippen LogP contribution in [0.25, 0.3) is 5.69 Å². The van der Waals surface area contributed by atoms with Gasteiger partial charge in [0, 0.05) is 6.54 Å². The Kier molecular flexibility index (Phi) is 5.51. The van der Waals surface area contributed by atoms with Crippen molar-refractivity contribution in [3.63, 3.8) is 0 Å². The minimum atomic E-state index is -0.530. The van der Waals surface area contributed by atoms with Crippen molar-refractivity contribution in [1.29, 1.82) is 0 Å². The molecule has 1 saturated heterocycles. The van der Waals surface area contributed by atoms with Crippen molar-refractivity contribution in [2.45, 2.75) is 32.4 Å². The van der Waals surface area contributed by atoms with Crippen molar-refractivity contribution in [3.05, 3.63) is 59.8 Å². The third kappa shape index (κ3) is 3.78. The Morgan fingerprint density at radius 2 is 2.07 bits per heavy atom. The van der Waals surface area contributed by atoms with E-state index in [1.165, 1.54) is 0 Å². The first-order valence-corrected chi connectivity index (χ1v) is 9.76. The molecule has 9 nitrogen and oxygen atoms in total. The molecule has 1 fully saturated rings. The maximum absolute atomic E-state index is 13.2. The number of furan rings is 1. The van der Waals surface area contributed by atoms with E-state index in [9.17, 15) is 9.59 Å². The van der Waals surface area contributed by atoms with Gasteiger partial charge in [-0.25, -0.2) is 4.68 Å². The van der Waals surface area contributed by atoms with Crippen LogP contribution in [-0.2, 0) is 11.3 Å². The van der Waals surface area contributed by atoms with Crippen molar-refractivity contribution < 1.29 is 18.7 Å². The molecule has 1 atom stereocenters. The van der Waals surface area contributed by atoms with Crippen molar-refractivity contribution in [2.24, 2.45) is 0 Å². The van der Waals surface area contributed by atoms with Gasteiger partial charge in [-0.05, 0) is 56.2 Å². The van der Waals surface area contributed by atoms with Gasteiger partial charge in [0.1, 0.15) is 17.6 Å². The predicted molar refractivity (Wildman–Crippen MR) is 107 cm³/mol. The number of nitrogens with zero attached hydrogens (tertiary/aromatic N) is 4. The maximum atomic E-state index is 13.2. The molecule has 1 aromatic carbocycles. The summed E-state index contributed by atoms with van der Waals surface area (Å²) in [6.07, 6.45) is 2.93. The lowest BCUT2D eigenvalue weighted by Gasteiger charge is -2.23. The first-order chi connectivity index (χ1) is 14.6. The molecule has 0 spiro atoms. The normalized spacial score (nSPS) is 15.9. The lowest BCUT2D eigenvalue weighted by molar-refractivity contribution is -0.125. The topological polar surface area (TPSA) is 102 Å². The van der Waals surface area contributed by atoms with Crippen molar-refractivity contribution >= 4 is 11.8 Å². The fourth-order valence-electron chi connectivity index (χ4n) is 3.62. The average Bonchev–Trinajstić information content (AvgIpc) is 3.52. The molecular formula is C21H23N5O4. The number of hydrogen-bond acceptors (Lipinski definition) is 6. The molecule has 0 aliphatic carbocycles. The Morgan fingerprint density at radius 1 is 1.27 bits per heavy atom. The number of carbonyl (C=O) groups is 2. The van der Waals surface area contributed by atoms with Gasteiger partial charge < -0.3 is 19.4 Å². The lowest BCUT2D eigenvalue weighted by atomic mass is 10.2. The quantitative estimate of drug-likeness (QED) is 0.669. The largest absolute Gasteiger partial charge is 0.497 e. The summed E-state index contributed by atoms with van der Waals surface area (Å²) in [6.45, 7) is 2.59. The Hall–Kier alpha value is -3.62. The standard InChI is InChI=1S/C21H23N5O4/c1-14-19(23-24-26(14)15-7-9-16(29-2)10-8-15)21(28)25-11-3-6-18(25)20(27)22-13-17-5-4-12-30-17/h4-5,7-10,12,18H,3,6,11,13H2,1-2H3,(H,22,27). The zero-order valence-corrected chi connectivity index (χ0v) is 16.9. The number of likely N-dealkylation sites (tertiary alicyclic amines) is 1. The summed E-state index contributed by atoms with van der Waals surface area (Å²) in [5, 5.41) is 11.1. The van der Waals surface area contributed by atoms with Crippen molar-refractivity contribution in [1.82, 2.24) is 25.2 Å². The van der Waals surface area contributed by atoms with E-state index in [2.05, 4.69) is 15.6 Å². The molecule has 0 radical (unpaired) electrons. The van der Waals surface area contributed by atoms with Crippen LogP contribution in [0.15, 0.2) is 47.1 Å². The van der Waals surface area contributed by atoms with Crippen LogP contribution in [0, 0.1) is 6.92 Å². The minimum Gasteiger partial charge on any atom is -0.497 e. The van der Waals surface area contributed by atoms with E-state index in [0.29, 0.717) is 24.4 Å². The molecule has 0 saturated carbocycles. The molecule has 1 aliphatic heterocycles. The Morgan fingerprint density at radius 3 is 2.77 bits per heavy atom. The second-order valence-corrected chi connectivity index (χ2v) is 7.09. The van der Waals surface area contributed by atoms with Gasteiger partial charge in [0.2, 0.25) is 5.91 Å². The van der Waals surface area contributed by atoms with Crippen LogP contribution in [0.4, 0.5) is 0 Å². The second-order valence-electron chi connectivity index (χ2n) is 7.09. The highest BCUT2D eigenvalue weighted by Gasteiger charge is 2.36. The molecule has 9 heteroatoms. The number of aromatic nitrogens is 3. The maximum Gasteiger partial charge on any atom is 0.277 e. The zero-order chi connectivity index (χ0) is 21.1. The molecule has 0 bridgehead atoms. The zero-order valence-electron chi connectivity index (χ0n) is 16.9. The molecule has 1 unspecified atom stereocenters. The minimum absolute atomic E-state index is 0.197. The fraction of sp³-hybridized carbons (Fsp3) is 0.333. The lowest BCUT2D eigenvalue weighted by Crippen LogP contribution is -2.46. The van der Waals surface area contributed by atoms with Gasteiger partial charge in [-0.1, -0.05) is 5.21 Å². The van der Waals surface area contributed by atoms with Gasteiger partial charge in [-0.2, -0.15) is 0 Å².